The number of nitrogens with one attached hydrogen (secondary N) is 2. The number of nitrogens with zero attached hydrogens (tertiary/aromatic N) is 3. The van der Waals surface area contributed by atoms with Crippen LogP contribution in [0.1, 0.15) is 36.5 Å². The highest BCUT2D eigenvalue weighted by molar-refractivity contribution is 7.09. The molecule has 0 spiro atoms. The van der Waals surface area contributed by atoms with Crippen LogP contribution in [0.2, 0.25) is 0 Å². The van der Waals surface area contributed by atoms with E-state index in [4.69, 9.17) is 4.74 Å². The highest BCUT2D eigenvalue weighted by atomic mass is 32.1. The number of carbonyl (C=O) groups is 1. The van der Waals surface area contributed by atoms with Gasteiger partial charge in [0, 0.05) is 24.4 Å². The Labute approximate surface area is 145 Å². The zero-order valence-corrected chi connectivity index (χ0v) is 14.8. The third-order valence-electron chi connectivity index (χ3n) is 4.21. The Kier molecular flexibility index (Phi) is 5.60. The quantitative estimate of drug-likeness (QED) is 0.826. The van der Waals surface area contributed by atoms with Gasteiger partial charge in [-0.15, -0.1) is 11.3 Å². The molecule has 2 unspecified atom stereocenters. The zero-order chi connectivity index (χ0) is 16.9. The summed E-state index contributed by atoms with van der Waals surface area (Å²) in [5, 5.41) is 12.2. The smallest absolute Gasteiger partial charge is 0.237 e. The third kappa shape index (κ3) is 4.00. The number of aromatic nitrogens is 3. The number of aryl methyl sites for hydroxylation is 1. The Hall–Kier alpha value is -1.77. The van der Waals surface area contributed by atoms with Gasteiger partial charge >= 0.3 is 0 Å². The van der Waals surface area contributed by atoms with Gasteiger partial charge in [-0.1, -0.05) is 13.0 Å². The molecule has 1 aliphatic heterocycles. The van der Waals surface area contributed by atoms with Gasteiger partial charge in [0.05, 0.1) is 19.2 Å². The molecule has 0 aliphatic carbocycles. The Bertz CT molecular complexity index is 657. The summed E-state index contributed by atoms with van der Waals surface area (Å²) in [6.45, 7) is 6.46. The van der Waals surface area contributed by atoms with E-state index in [-0.39, 0.29) is 18.1 Å². The predicted octanol–water partition coefficient (Wildman–Crippen LogP) is 1.51. The van der Waals surface area contributed by atoms with Crippen LogP contribution in [0.25, 0.3) is 0 Å². The van der Waals surface area contributed by atoms with Gasteiger partial charge in [0.2, 0.25) is 5.91 Å². The maximum atomic E-state index is 12.4. The van der Waals surface area contributed by atoms with Crippen LogP contribution < -0.4 is 5.32 Å². The lowest BCUT2D eigenvalue weighted by molar-refractivity contribution is -0.129. The molecule has 0 bridgehead atoms. The molecule has 24 heavy (non-hydrogen) atoms. The van der Waals surface area contributed by atoms with E-state index in [2.05, 4.69) is 25.4 Å². The number of amides is 1. The summed E-state index contributed by atoms with van der Waals surface area (Å²) in [6.07, 6.45) is 0.619. The van der Waals surface area contributed by atoms with Crippen LogP contribution in [-0.2, 0) is 22.5 Å². The SMILES string of the molecule is CCc1nc(C2CN(C(C)C(=O)NCc3cccs3)CCO2)n[nH]1. The van der Waals surface area contributed by atoms with Crippen molar-refractivity contribution in [3.05, 3.63) is 34.0 Å². The highest BCUT2D eigenvalue weighted by Gasteiger charge is 2.30. The Morgan fingerprint density at radius 3 is 3.21 bits per heavy atom. The lowest BCUT2D eigenvalue weighted by Crippen LogP contribution is -2.50. The highest BCUT2D eigenvalue weighted by Crippen LogP contribution is 2.21. The number of H-pyrrole nitrogens is 1. The van der Waals surface area contributed by atoms with Crippen LogP contribution in [0, 0.1) is 0 Å². The summed E-state index contributed by atoms with van der Waals surface area (Å²) in [6, 6.07) is 3.80. The van der Waals surface area contributed by atoms with Crippen molar-refractivity contribution in [2.45, 2.75) is 39.0 Å². The summed E-state index contributed by atoms with van der Waals surface area (Å²) in [5.41, 5.74) is 0. The van der Waals surface area contributed by atoms with Gasteiger partial charge in [-0.05, 0) is 18.4 Å². The van der Waals surface area contributed by atoms with Crippen molar-refractivity contribution < 1.29 is 9.53 Å². The van der Waals surface area contributed by atoms with Gasteiger partial charge in [-0.2, -0.15) is 5.10 Å². The van der Waals surface area contributed by atoms with Crippen molar-refractivity contribution in [2.24, 2.45) is 0 Å². The van der Waals surface area contributed by atoms with Crippen LogP contribution in [0.3, 0.4) is 0 Å². The second kappa shape index (κ2) is 7.87. The Morgan fingerprint density at radius 2 is 2.50 bits per heavy atom. The fourth-order valence-electron chi connectivity index (χ4n) is 2.69. The first-order valence-electron chi connectivity index (χ1n) is 8.24. The third-order valence-corrected chi connectivity index (χ3v) is 5.09. The Morgan fingerprint density at radius 1 is 1.62 bits per heavy atom. The van der Waals surface area contributed by atoms with Crippen molar-refractivity contribution in [3.63, 3.8) is 0 Å². The number of ether oxygens (including phenoxy) is 1. The van der Waals surface area contributed by atoms with Crippen LogP contribution >= 0.6 is 11.3 Å². The first-order valence-corrected chi connectivity index (χ1v) is 9.12. The van der Waals surface area contributed by atoms with Crippen molar-refractivity contribution >= 4 is 17.2 Å². The number of aromatic amines is 1. The molecule has 2 atom stereocenters. The molecule has 8 heteroatoms. The summed E-state index contributed by atoms with van der Waals surface area (Å²) in [4.78, 5) is 20.1. The number of rotatable bonds is 6. The standard InChI is InChI=1S/C16H23N5O2S/c1-3-14-18-15(20-19-14)13-10-21(6-7-23-13)11(2)16(22)17-9-12-5-4-8-24-12/h4-5,8,11,13H,3,6-7,9-10H2,1-2H3,(H,17,22)(H,18,19,20). The molecule has 1 amide bonds. The largest absolute Gasteiger partial charge is 0.367 e. The number of thiophene rings is 1. The lowest BCUT2D eigenvalue weighted by atomic mass is 10.2. The number of hydrogen-bond acceptors (Lipinski definition) is 6. The predicted molar refractivity (Wildman–Crippen MR) is 91.7 cm³/mol. The minimum Gasteiger partial charge on any atom is -0.367 e. The summed E-state index contributed by atoms with van der Waals surface area (Å²) >= 11 is 1.65. The molecule has 3 heterocycles. The second-order valence-electron chi connectivity index (χ2n) is 5.82. The molecule has 0 aromatic carbocycles. The molecule has 1 fully saturated rings. The van der Waals surface area contributed by atoms with E-state index in [1.165, 1.54) is 0 Å². The Balaban J connectivity index is 1.55. The van der Waals surface area contributed by atoms with E-state index in [9.17, 15) is 4.79 Å². The average Bonchev–Trinajstić information content (AvgIpc) is 3.30. The summed E-state index contributed by atoms with van der Waals surface area (Å²) in [5.74, 6) is 1.56. The monoisotopic (exact) mass is 349 g/mol. The van der Waals surface area contributed by atoms with E-state index in [1.54, 1.807) is 11.3 Å². The second-order valence-corrected chi connectivity index (χ2v) is 6.85. The fourth-order valence-corrected chi connectivity index (χ4v) is 3.33. The molecule has 1 saturated heterocycles. The van der Waals surface area contributed by atoms with Crippen molar-refractivity contribution in [2.75, 3.05) is 19.7 Å². The van der Waals surface area contributed by atoms with E-state index in [0.29, 0.717) is 25.5 Å². The fraction of sp³-hybridized carbons (Fsp3) is 0.562. The van der Waals surface area contributed by atoms with Crippen LogP contribution in [0.15, 0.2) is 17.5 Å². The minimum atomic E-state index is -0.207. The maximum Gasteiger partial charge on any atom is 0.237 e. The average molecular weight is 349 g/mol. The number of morpholine rings is 1. The summed E-state index contributed by atoms with van der Waals surface area (Å²) in [7, 11) is 0. The molecule has 2 aromatic heterocycles. The normalized spacial score (nSPS) is 20.0. The van der Waals surface area contributed by atoms with E-state index in [0.717, 1.165) is 23.7 Å². The van der Waals surface area contributed by atoms with Crippen LogP contribution in [-0.4, -0.2) is 51.7 Å². The molecule has 1 aliphatic rings. The van der Waals surface area contributed by atoms with Gasteiger partial charge in [0.25, 0.3) is 0 Å². The van der Waals surface area contributed by atoms with Gasteiger partial charge < -0.3 is 10.1 Å². The first-order chi connectivity index (χ1) is 11.7. The number of hydrogen-bond donors (Lipinski definition) is 2. The molecular formula is C16H23N5O2S. The van der Waals surface area contributed by atoms with Crippen LogP contribution in [0.5, 0.6) is 0 Å². The molecular weight excluding hydrogens is 326 g/mol. The molecule has 0 saturated carbocycles. The van der Waals surface area contributed by atoms with E-state index < -0.39 is 0 Å². The van der Waals surface area contributed by atoms with Crippen molar-refractivity contribution in [1.29, 1.82) is 0 Å². The molecule has 2 aromatic rings. The molecule has 0 radical (unpaired) electrons. The van der Waals surface area contributed by atoms with Crippen molar-refractivity contribution in [3.8, 4) is 0 Å². The maximum absolute atomic E-state index is 12.4. The van der Waals surface area contributed by atoms with Crippen LogP contribution in [0.4, 0.5) is 0 Å². The van der Waals surface area contributed by atoms with Crippen molar-refractivity contribution in [1.82, 2.24) is 25.4 Å². The minimum absolute atomic E-state index is 0.0354. The molecule has 130 valence electrons. The van der Waals surface area contributed by atoms with E-state index in [1.807, 2.05) is 31.4 Å². The zero-order valence-electron chi connectivity index (χ0n) is 14.0. The number of carbonyl (C=O) groups excluding carboxylic acids is 1. The summed E-state index contributed by atoms with van der Waals surface area (Å²) < 4.78 is 5.78. The topological polar surface area (TPSA) is 83.1 Å². The van der Waals surface area contributed by atoms with Gasteiger partial charge in [0.1, 0.15) is 11.9 Å². The lowest BCUT2D eigenvalue weighted by Gasteiger charge is -2.35. The van der Waals surface area contributed by atoms with Gasteiger partial charge in [-0.25, -0.2) is 4.98 Å². The molecule has 2 N–H and O–H groups in total. The first kappa shape index (κ1) is 17.1. The molecule has 3 rings (SSSR count). The molecule has 7 nitrogen and oxygen atoms in total. The van der Waals surface area contributed by atoms with Gasteiger partial charge in [0.15, 0.2) is 5.82 Å². The van der Waals surface area contributed by atoms with E-state index >= 15 is 0 Å². The van der Waals surface area contributed by atoms with Gasteiger partial charge in [-0.3, -0.25) is 14.8 Å².